The number of benzene rings is 1. The van der Waals surface area contributed by atoms with Gasteiger partial charge in [-0.1, -0.05) is 46.9 Å². The summed E-state index contributed by atoms with van der Waals surface area (Å²) < 4.78 is 1.01. The van der Waals surface area contributed by atoms with E-state index in [4.69, 9.17) is 17.3 Å². The first-order valence-electron chi connectivity index (χ1n) is 7.93. The van der Waals surface area contributed by atoms with Gasteiger partial charge in [0.05, 0.1) is 0 Å². The Morgan fingerprint density at radius 3 is 2.52 bits per heavy atom. The molecular weight excluding hydrogens is 348 g/mol. The fourth-order valence-corrected chi connectivity index (χ4v) is 4.30. The van der Waals surface area contributed by atoms with E-state index >= 15 is 0 Å². The van der Waals surface area contributed by atoms with Crippen LogP contribution in [0.4, 0.5) is 0 Å². The van der Waals surface area contributed by atoms with Gasteiger partial charge in [0, 0.05) is 28.1 Å². The molecule has 118 valence electrons. The van der Waals surface area contributed by atoms with Crippen molar-refractivity contribution in [2.45, 2.75) is 51.1 Å². The quantitative estimate of drug-likeness (QED) is 0.786. The first-order valence-corrected chi connectivity index (χ1v) is 9.10. The minimum Gasteiger partial charge on any atom is -0.329 e. The molecule has 0 aliphatic heterocycles. The second-order valence-corrected chi connectivity index (χ2v) is 7.49. The summed E-state index contributed by atoms with van der Waals surface area (Å²) >= 11 is 9.89. The fourth-order valence-electron chi connectivity index (χ4n) is 3.50. The van der Waals surface area contributed by atoms with E-state index in [0.29, 0.717) is 12.6 Å². The van der Waals surface area contributed by atoms with Crippen LogP contribution in [-0.2, 0) is 0 Å². The van der Waals surface area contributed by atoms with Gasteiger partial charge in [0.25, 0.3) is 0 Å². The van der Waals surface area contributed by atoms with Gasteiger partial charge in [-0.15, -0.1) is 0 Å². The molecule has 4 heteroatoms. The second kappa shape index (κ2) is 7.96. The maximum absolute atomic E-state index is 6.42. The fraction of sp³-hybridized carbons (Fsp3) is 0.647. The van der Waals surface area contributed by atoms with E-state index in [0.717, 1.165) is 21.0 Å². The van der Waals surface area contributed by atoms with Crippen LogP contribution in [-0.4, -0.2) is 24.5 Å². The maximum Gasteiger partial charge on any atom is 0.0485 e. The molecule has 0 saturated heterocycles. The van der Waals surface area contributed by atoms with Crippen molar-refractivity contribution in [3.8, 4) is 0 Å². The third-order valence-electron chi connectivity index (χ3n) is 5.01. The van der Waals surface area contributed by atoms with Crippen molar-refractivity contribution >= 4 is 27.5 Å². The normalized spacial score (nSPS) is 24.3. The van der Waals surface area contributed by atoms with Crippen LogP contribution in [0.3, 0.4) is 0 Å². The maximum atomic E-state index is 6.42. The van der Waals surface area contributed by atoms with Gasteiger partial charge in [-0.2, -0.15) is 0 Å². The van der Waals surface area contributed by atoms with Gasteiger partial charge in [0.15, 0.2) is 0 Å². The van der Waals surface area contributed by atoms with E-state index in [2.05, 4.69) is 40.9 Å². The van der Waals surface area contributed by atoms with Crippen LogP contribution in [0.15, 0.2) is 22.7 Å². The van der Waals surface area contributed by atoms with Gasteiger partial charge in [-0.3, -0.25) is 4.90 Å². The van der Waals surface area contributed by atoms with Gasteiger partial charge in [-0.25, -0.2) is 0 Å². The lowest BCUT2D eigenvalue weighted by molar-refractivity contribution is 0.122. The van der Waals surface area contributed by atoms with E-state index < -0.39 is 0 Å². The van der Waals surface area contributed by atoms with Gasteiger partial charge in [0.1, 0.15) is 0 Å². The van der Waals surface area contributed by atoms with Gasteiger partial charge in [-0.05, 0) is 56.3 Å². The largest absolute Gasteiger partial charge is 0.329 e. The highest BCUT2D eigenvalue weighted by atomic mass is 79.9. The molecule has 2 N–H and O–H groups in total. The minimum absolute atomic E-state index is 0.203. The van der Waals surface area contributed by atoms with Gasteiger partial charge in [0.2, 0.25) is 0 Å². The van der Waals surface area contributed by atoms with Crippen LogP contribution in [0.2, 0.25) is 5.02 Å². The van der Waals surface area contributed by atoms with Crippen LogP contribution in [0.25, 0.3) is 0 Å². The second-order valence-electron chi connectivity index (χ2n) is 6.17. The Morgan fingerprint density at radius 1 is 1.33 bits per heavy atom. The lowest BCUT2D eigenvalue weighted by atomic mass is 9.83. The molecule has 0 spiro atoms. The van der Waals surface area contributed by atoms with E-state index in [1.807, 2.05) is 12.1 Å². The number of hydrogen-bond acceptors (Lipinski definition) is 2. The highest BCUT2D eigenvalue weighted by molar-refractivity contribution is 9.10. The summed E-state index contributed by atoms with van der Waals surface area (Å²) in [6.07, 6.45) is 6.56. The zero-order chi connectivity index (χ0) is 15.4. The van der Waals surface area contributed by atoms with E-state index in [-0.39, 0.29) is 6.04 Å². The Morgan fingerprint density at radius 2 is 2.00 bits per heavy atom. The number of hydrogen-bond donors (Lipinski definition) is 1. The number of nitrogens with two attached hydrogens (primary N) is 1. The zero-order valence-electron chi connectivity index (χ0n) is 13.0. The Hall–Kier alpha value is -0.0900. The Balaban J connectivity index is 2.10. The zero-order valence-corrected chi connectivity index (χ0v) is 15.3. The van der Waals surface area contributed by atoms with Crippen molar-refractivity contribution in [3.05, 3.63) is 33.3 Å². The molecule has 1 unspecified atom stereocenters. The summed E-state index contributed by atoms with van der Waals surface area (Å²) in [6.45, 7) is 2.91. The molecule has 1 atom stereocenters. The molecule has 21 heavy (non-hydrogen) atoms. The molecule has 2 rings (SSSR count). The van der Waals surface area contributed by atoms with Crippen molar-refractivity contribution in [2.24, 2.45) is 11.7 Å². The molecule has 0 amide bonds. The highest BCUT2D eigenvalue weighted by Crippen LogP contribution is 2.35. The molecular formula is C17H26BrClN2. The lowest BCUT2D eigenvalue weighted by Gasteiger charge is -2.39. The lowest BCUT2D eigenvalue weighted by Crippen LogP contribution is -2.40. The van der Waals surface area contributed by atoms with Crippen molar-refractivity contribution in [2.75, 3.05) is 13.6 Å². The predicted molar refractivity (Wildman–Crippen MR) is 94.7 cm³/mol. The Kier molecular flexibility index (Phi) is 6.54. The van der Waals surface area contributed by atoms with Crippen LogP contribution in [0.5, 0.6) is 0 Å². The third-order valence-corrected chi connectivity index (χ3v) is 5.83. The highest BCUT2D eigenvalue weighted by Gasteiger charge is 2.28. The van der Waals surface area contributed by atoms with Gasteiger partial charge < -0.3 is 5.73 Å². The topological polar surface area (TPSA) is 29.3 Å². The van der Waals surface area contributed by atoms with Crippen LogP contribution in [0, 0.1) is 5.92 Å². The molecule has 0 aromatic heterocycles. The number of likely N-dealkylation sites (N-methyl/N-ethyl adjacent to an activating group) is 1. The molecule has 1 aliphatic carbocycles. The third kappa shape index (κ3) is 4.22. The molecule has 1 saturated carbocycles. The van der Waals surface area contributed by atoms with Crippen LogP contribution < -0.4 is 5.73 Å². The predicted octanol–water partition coefficient (Wildman–Crippen LogP) is 5.00. The SMILES string of the molecule is CCC1CCC(N(C)C(CN)c2ccc(Br)cc2Cl)CC1. The monoisotopic (exact) mass is 372 g/mol. The Labute approximate surface area is 142 Å². The van der Waals surface area contributed by atoms with Crippen LogP contribution >= 0.6 is 27.5 Å². The van der Waals surface area contributed by atoms with Crippen molar-refractivity contribution in [3.63, 3.8) is 0 Å². The molecule has 1 aromatic carbocycles. The molecule has 1 aliphatic rings. The van der Waals surface area contributed by atoms with E-state index in [1.165, 1.54) is 32.1 Å². The number of halogens is 2. The smallest absolute Gasteiger partial charge is 0.0485 e. The molecule has 0 heterocycles. The molecule has 1 fully saturated rings. The average molecular weight is 374 g/mol. The summed E-state index contributed by atoms with van der Waals surface area (Å²) in [5.74, 6) is 0.919. The van der Waals surface area contributed by atoms with Crippen molar-refractivity contribution < 1.29 is 0 Å². The minimum atomic E-state index is 0.203. The average Bonchev–Trinajstić information content (AvgIpc) is 2.50. The summed E-state index contributed by atoms with van der Waals surface area (Å²) in [5.41, 5.74) is 7.20. The summed E-state index contributed by atoms with van der Waals surface area (Å²) in [6, 6.07) is 6.93. The molecule has 0 bridgehead atoms. The molecule has 1 aromatic rings. The van der Waals surface area contributed by atoms with E-state index in [1.54, 1.807) is 0 Å². The summed E-state index contributed by atoms with van der Waals surface area (Å²) in [4.78, 5) is 2.45. The Bertz CT molecular complexity index is 458. The van der Waals surface area contributed by atoms with E-state index in [9.17, 15) is 0 Å². The first kappa shape index (κ1) is 17.3. The van der Waals surface area contributed by atoms with Crippen molar-refractivity contribution in [1.29, 1.82) is 0 Å². The van der Waals surface area contributed by atoms with Gasteiger partial charge >= 0.3 is 0 Å². The van der Waals surface area contributed by atoms with Crippen LogP contribution in [0.1, 0.15) is 50.6 Å². The standard InChI is InChI=1S/C17H26BrClN2/c1-3-12-4-7-14(8-5-12)21(2)17(11-20)15-9-6-13(18)10-16(15)19/h6,9-10,12,14,17H,3-5,7-8,11,20H2,1-2H3. The number of nitrogens with zero attached hydrogens (tertiary/aromatic N) is 1. The number of rotatable bonds is 5. The molecule has 0 radical (unpaired) electrons. The molecule has 2 nitrogen and oxygen atoms in total. The summed E-state index contributed by atoms with van der Waals surface area (Å²) in [5, 5.41) is 0.800. The first-order chi connectivity index (χ1) is 10.1. The van der Waals surface area contributed by atoms with Crippen molar-refractivity contribution in [1.82, 2.24) is 4.90 Å². The summed E-state index contributed by atoms with van der Waals surface area (Å²) in [7, 11) is 2.20.